The molecule has 2 aromatic carbocycles. The minimum Gasteiger partial charge on any atom is -0.332 e. The average Bonchev–Trinajstić information content (AvgIpc) is 3.11. The van der Waals surface area contributed by atoms with Gasteiger partial charge in [-0.3, -0.25) is 0 Å². The van der Waals surface area contributed by atoms with Gasteiger partial charge >= 0.3 is 0 Å². The molecule has 0 atom stereocenters. The van der Waals surface area contributed by atoms with E-state index in [2.05, 4.69) is 97.8 Å². The Balaban J connectivity index is 0.000000185. The van der Waals surface area contributed by atoms with Gasteiger partial charge in [-0.2, -0.15) is 0 Å². The quantitative estimate of drug-likeness (QED) is 0.662. The highest BCUT2D eigenvalue weighted by Gasteiger charge is 2.11. The van der Waals surface area contributed by atoms with E-state index in [4.69, 9.17) is 0 Å². The third kappa shape index (κ3) is 5.13. The summed E-state index contributed by atoms with van der Waals surface area (Å²) < 4.78 is 2.08. The van der Waals surface area contributed by atoms with E-state index in [1.807, 2.05) is 12.5 Å². The minimum atomic E-state index is 0.177. The van der Waals surface area contributed by atoms with Gasteiger partial charge in [0.2, 0.25) is 6.71 Å². The molecule has 0 unspecified atom stereocenters. The van der Waals surface area contributed by atoms with Crippen LogP contribution in [0, 0.1) is 0 Å². The molecule has 3 aromatic rings. The third-order valence-corrected chi connectivity index (χ3v) is 3.88. The van der Waals surface area contributed by atoms with Gasteiger partial charge in [0.15, 0.2) is 0 Å². The van der Waals surface area contributed by atoms with Crippen molar-refractivity contribution in [1.82, 2.24) is 9.55 Å². The van der Waals surface area contributed by atoms with Crippen LogP contribution in [0.2, 0.25) is 6.82 Å². The SMILES string of the molecule is CB(c1ccccc1)c1ccccc1.CC(C)(C)n1ccnc1. The number of benzene rings is 2. The molecular weight excluding hydrogens is 279 g/mol. The molecule has 118 valence electrons. The van der Waals surface area contributed by atoms with Crippen LogP contribution in [-0.4, -0.2) is 16.3 Å². The lowest BCUT2D eigenvalue weighted by atomic mass is 9.43. The smallest absolute Gasteiger partial charge is 0.206 e. The average molecular weight is 304 g/mol. The molecule has 3 heteroatoms. The van der Waals surface area contributed by atoms with E-state index >= 15 is 0 Å². The Morgan fingerprint density at radius 2 is 1.30 bits per heavy atom. The molecule has 0 fully saturated rings. The van der Waals surface area contributed by atoms with Gasteiger partial charge in [0.05, 0.1) is 6.33 Å². The fraction of sp³-hybridized carbons (Fsp3) is 0.250. The molecule has 0 aliphatic carbocycles. The summed E-state index contributed by atoms with van der Waals surface area (Å²) >= 11 is 0. The molecule has 2 nitrogen and oxygen atoms in total. The van der Waals surface area contributed by atoms with E-state index < -0.39 is 0 Å². The zero-order valence-corrected chi connectivity index (χ0v) is 14.5. The summed E-state index contributed by atoms with van der Waals surface area (Å²) in [5.41, 5.74) is 2.92. The maximum Gasteiger partial charge on any atom is 0.206 e. The molecule has 0 saturated heterocycles. The topological polar surface area (TPSA) is 17.8 Å². The molecule has 0 bridgehead atoms. The van der Waals surface area contributed by atoms with Gasteiger partial charge in [-0.1, -0.05) is 78.4 Å². The summed E-state index contributed by atoms with van der Waals surface area (Å²) in [7, 11) is 0. The van der Waals surface area contributed by atoms with E-state index in [0.29, 0.717) is 6.71 Å². The van der Waals surface area contributed by atoms with Gasteiger partial charge in [-0.05, 0) is 20.8 Å². The predicted octanol–water partition coefficient (Wildman–Crippen LogP) is 3.56. The highest BCUT2D eigenvalue weighted by atomic mass is 15.1. The molecule has 3 rings (SSSR count). The van der Waals surface area contributed by atoms with Crippen molar-refractivity contribution in [3.05, 3.63) is 79.4 Å². The van der Waals surface area contributed by atoms with E-state index in [1.165, 1.54) is 10.9 Å². The van der Waals surface area contributed by atoms with Crippen molar-refractivity contribution in [3.63, 3.8) is 0 Å². The van der Waals surface area contributed by atoms with Crippen molar-refractivity contribution in [2.45, 2.75) is 33.1 Å². The van der Waals surface area contributed by atoms with E-state index in [1.54, 1.807) is 6.20 Å². The Labute approximate surface area is 140 Å². The number of hydrogen-bond acceptors (Lipinski definition) is 1. The van der Waals surface area contributed by atoms with Crippen LogP contribution in [0.4, 0.5) is 0 Å². The predicted molar refractivity (Wildman–Crippen MR) is 101 cm³/mol. The summed E-state index contributed by atoms with van der Waals surface area (Å²) in [6.07, 6.45) is 5.60. The van der Waals surface area contributed by atoms with Crippen molar-refractivity contribution in [2.24, 2.45) is 0 Å². The van der Waals surface area contributed by atoms with Gasteiger partial charge in [0.25, 0.3) is 0 Å². The van der Waals surface area contributed by atoms with Crippen LogP contribution >= 0.6 is 0 Å². The van der Waals surface area contributed by atoms with Gasteiger partial charge in [0.1, 0.15) is 0 Å². The number of rotatable bonds is 2. The van der Waals surface area contributed by atoms with Crippen molar-refractivity contribution in [3.8, 4) is 0 Å². The first-order chi connectivity index (χ1) is 11.0. The Morgan fingerprint density at radius 1 is 0.826 bits per heavy atom. The highest BCUT2D eigenvalue weighted by Crippen LogP contribution is 2.11. The number of hydrogen-bond donors (Lipinski definition) is 0. The monoisotopic (exact) mass is 304 g/mol. The normalized spacial score (nSPS) is 10.6. The number of nitrogens with zero attached hydrogens (tertiary/aromatic N) is 2. The summed E-state index contributed by atoms with van der Waals surface area (Å²) in [4.78, 5) is 3.95. The Hall–Kier alpha value is -2.29. The first-order valence-corrected chi connectivity index (χ1v) is 8.07. The van der Waals surface area contributed by atoms with Crippen LogP contribution in [-0.2, 0) is 5.54 Å². The summed E-state index contributed by atoms with van der Waals surface area (Å²) in [6, 6.07) is 21.2. The third-order valence-electron chi connectivity index (χ3n) is 3.88. The van der Waals surface area contributed by atoms with Crippen molar-refractivity contribution >= 4 is 17.6 Å². The van der Waals surface area contributed by atoms with Crippen LogP contribution in [0.5, 0.6) is 0 Å². The fourth-order valence-corrected chi connectivity index (χ4v) is 2.33. The second-order valence-corrected chi connectivity index (χ2v) is 6.68. The molecule has 0 amide bonds. The van der Waals surface area contributed by atoms with Gasteiger partial charge in [-0.15, -0.1) is 0 Å². The van der Waals surface area contributed by atoms with Gasteiger partial charge < -0.3 is 4.57 Å². The molecule has 1 aromatic heterocycles. The van der Waals surface area contributed by atoms with Crippen LogP contribution in [0.3, 0.4) is 0 Å². The molecule has 0 aliphatic rings. The first kappa shape index (κ1) is 17.1. The summed E-state index contributed by atoms with van der Waals surface area (Å²) in [6.45, 7) is 9.17. The molecular formula is C20H25BN2. The molecule has 23 heavy (non-hydrogen) atoms. The van der Waals surface area contributed by atoms with Gasteiger partial charge in [-0.25, -0.2) is 4.98 Å². The highest BCUT2D eigenvalue weighted by molar-refractivity contribution is 6.84. The van der Waals surface area contributed by atoms with Crippen LogP contribution in [0.25, 0.3) is 0 Å². The Bertz CT molecular complexity index is 631. The first-order valence-electron chi connectivity index (χ1n) is 8.07. The second kappa shape index (κ2) is 7.82. The summed E-state index contributed by atoms with van der Waals surface area (Å²) in [5, 5.41) is 0. The molecule has 0 saturated carbocycles. The zero-order chi connectivity index (χ0) is 16.7. The largest absolute Gasteiger partial charge is 0.332 e. The van der Waals surface area contributed by atoms with Crippen molar-refractivity contribution in [1.29, 1.82) is 0 Å². The van der Waals surface area contributed by atoms with Crippen LogP contribution in [0.15, 0.2) is 79.4 Å². The lowest BCUT2D eigenvalue weighted by Crippen LogP contribution is -2.38. The number of imidazole rings is 1. The van der Waals surface area contributed by atoms with Crippen molar-refractivity contribution < 1.29 is 0 Å². The van der Waals surface area contributed by atoms with E-state index in [9.17, 15) is 0 Å². The molecule has 1 heterocycles. The molecule has 0 N–H and O–H groups in total. The zero-order valence-electron chi connectivity index (χ0n) is 14.5. The standard InChI is InChI=1S/C13H13B.C7H12N2/c1-14(12-8-4-2-5-9-12)13-10-6-3-7-11-13;1-7(2,3)9-5-4-8-6-9/h2-11H,1H3;4-6H,1-3H3. The van der Waals surface area contributed by atoms with Gasteiger partial charge in [0, 0.05) is 17.9 Å². The van der Waals surface area contributed by atoms with Crippen LogP contribution in [0.1, 0.15) is 20.8 Å². The summed E-state index contributed by atoms with van der Waals surface area (Å²) in [5.74, 6) is 0. The molecule has 0 aliphatic heterocycles. The van der Waals surface area contributed by atoms with Crippen molar-refractivity contribution in [2.75, 3.05) is 0 Å². The van der Waals surface area contributed by atoms with E-state index in [0.717, 1.165) is 0 Å². The van der Waals surface area contributed by atoms with E-state index in [-0.39, 0.29) is 5.54 Å². The van der Waals surface area contributed by atoms with Crippen LogP contribution < -0.4 is 10.9 Å². The second-order valence-electron chi connectivity index (χ2n) is 6.68. The number of aromatic nitrogens is 2. The fourth-order valence-electron chi connectivity index (χ4n) is 2.33. The maximum absolute atomic E-state index is 3.95. The molecule has 0 spiro atoms. The lowest BCUT2D eigenvalue weighted by molar-refractivity contribution is 0.396. The lowest BCUT2D eigenvalue weighted by Gasteiger charge is -2.19. The minimum absolute atomic E-state index is 0.177. The Morgan fingerprint density at radius 3 is 1.61 bits per heavy atom. The maximum atomic E-state index is 3.95. The molecule has 0 radical (unpaired) electrons. The Kier molecular flexibility index (Phi) is 5.81.